The largest absolute Gasteiger partial charge is 0.427 e. The van der Waals surface area contributed by atoms with E-state index in [1.165, 1.54) is 12.0 Å². The SMILES string of the molecule is CCN(OC(=O)c1ccccc1)c1[c]ccc(OC(C)=O)c1. The lowest BCUT2D eigenvalue weighted by molar-refractivity contribution is -0.131. The van der Waals surface area contributed by atoms with Gasteiger partial charge >= 0.3 is 11.9 Å². The Kier molecular flexibility index (Phi) is 5.14. The van der Waals surface area contributed by atoms with Crippen LogP contribution < -0.4 is 9.80 Å². The molecule has 2 aromatic rings. The maximum Gasteiger partial charge on any atom is 0.363 e. The molecule has 0 amide bonds. The van der Waals surface area contributed by atoms with Crippen molar-refractivity contribution in [2.75, 3.05) is 11.6 Å². The Bertz CT molecular complexity index is 655. The molecule has 5 heteroatoms. The zero-order chi connectivity index (χ0) is 15.9. The van der Waals surface area contributed by atoms with Crippen LogP contribution in [0.2, 0.25) is 0 Å². The number of rotatable bonds is 5. The minimum absolute atomic E-state index is 0.371. The first-order valence-corrected chi connectivity index (χ1v) is 6.85. The van der Waals surface area contributed by atoms with E-state index in [1.807, 2.05) is 13.0 Å². The normalized spacial score (nSPS) is 9.91. The molecule has 0 N–H and O–H groups in total. The van der Waals surface area contributed by atoms with Gasteiger partial charge in [0.1, 0.15) is 5.75 Å². The molecule has 5 nitrogen and oxygen atoms in total. The second-order valence-electron chi connectivity index (χ2n) is 4.44. The number of ether oxygens (including phenoxy) is 1. The highest BCUT2D eigenvalue weighted by molar-refractivity contribution is 5.89. The van der Waals surface area contributed by atoms with Gasteiger partial charge in [-0.15, -0.1) is 0 Å². The maximum atomic E-state index is 12.1. The molecular formula is C17H16NO4. The van der Waals surface area contributed by atoms with E-state index in [9.17, 15) is 9.59 Å². The van der Waals surface area contributed by atoms with Crippen molar-refractivity contribution in [1.29, 1.82) is 0 Å². The minimum Gasteiger partial charge on any atom is -0.427 e. The molecule has 2 rings (SSSR count). The van der Waals surface area contributed by atoms with Crippen molar-refractivity contribution in [3.05, 3.63) is 60.2 Å². The van der Waals surface area contributed by atoms with Crippen molar-refractivity contribution >= 4 is 17.6 Å². The van der Waals surface area contributed by atoms with Crippen molar-refractivity contribution in [2.45, 2.75) is 13.8 Å². The topological polar surface area (TPSA) is 55.8 Å². The fraction of sp³-hybridized carbons (Fsp3) is 0.176. The lowest BCUT2D eigenvalue weighted by Gasteiger charge is -2.21. The molecule has 0 unspecified atom stereocenters. The third-order valence-corrected chi connectivity index (χ3v) is 2.78. The summed E-state index contributed by atoms with van der Waals surface area (Å²) < 4.78 is 5.01. The number of hydrogen-bond donors (Lipinski definition) is 0. The van der Waals surface area contributed by atoms with E-state index in [2.05, 4.69) is 6.07 Å². The molecule has 0 fully saturated rings. The molecule has 0 atom stereocenters. The Morgan fingerprint density at radius 1 is 1.18 bits per heavy atom. The van der Waals surface area contributed by atoms with Gasteiger partial charge in [0.05, 0.1) is 17.8 Å². The van der Waals surface area contributed by atoms with Crippen molar-refractivity contribution in [2.24, 2.45) is 0 Å². The van der Waals surface area contributed by atoms with Crippen LogP contribution in [0.5, 0.6) is 5.75 Å². The fourth-order valence-electron chi connectivity index (χ4n) is 1.82. The van der Waals surface area contributed by atoms with Crippen LogP contribution in [-0.4, -0.2) is 18.5 Å². The Labute approximate surface area is 129 Å². The highest BCUT2D eigenvalue weighted by atomic mass is 16.7. The van der Waals surface area contributed by atoms with Crippen molar-refractivity contribution in [3.63, 3.8) is 0 Å². The Hall–Kier alpha value is -2.82. The van der Waals surface area contributed by atoms with Gasteiger partial charge < -0.3 is 9.57 Å². The Morgan fingerprint density at radius 3 is 2.55 bits per heavy atom. The number of hydrogen-bond acceptors (Lipinski definition) is 5. The van der Waals surface area contributed by atoms with Crippen molar-refractivity contribution < 1.29 is 19.2 Å². The van der Waals surface area contributed by atoms with Crippen LogP contribution in [-0.2, 0) is 9.63 Å². The third-order valence-electron chi connectivity index (χ3n) is 2.78. The molecule has 22 heavy (non-hydrogen) atoms. The summed E-state index contributed by atoms with van der Waals surface area (Å²) in [6.45, 7) is 3.59. The summed E-state index contributed by atoms with van der Waals surface area (Å²) in [4.78, 5) is 28.4. The molecule has 0 aliphatic rings. The van der Waals surface area contributed by atoms with E-state index in [1.54, 1.807) is 42.5 Å². The monoisotopic (exact) mass is 298 g/mol. The minimum atomic E-state index is -0.464. The van der Waals surface area contributed by atoms with Crippen LogP contribution in [0.3, 0.4) is 0 Å². The van der Waals surface area contributed by atoms with Crippen molar-refractivity contribution in [1.82, 2.24) is 0 Å². The van der Waals surface area contributed by atoms with Crippen LogP contribution >= 0.6 is 0 Å². The summed E-state index contributed by atoms with van der Waals surface area (Å²) in [6, 6.07) is 16.5. The van der Waals surface area contributed by atoms with Gasteiger partial charge in [0.2, 0.25) is 0 Å². The first-order chi connectivity index (χ1) is 10.6. The van der Waals surface area contributed by atoms with E-state index in [0.29, 0.717) is 23.5 Å². The molecule has 0 saturated carbocycles. The standard InChI is InChI=1S/C17H16NO4/c1-3-18(22-17(20)14-8-5-4-6-9-14)15-10-7-11-16(12-15)21-13(2)19/h4-9,11-12H,3H2,1-2H3. The number of carbonyl (C=O) groups excluding carboxylic acids is 2. The second kappa shape index (κ2) is 7.26. The molecule has 0 aliphatic carbocycles. The first-order valence-electron chi connectivity index (χ1n) is 6.85. The van der Waals surface area contributed by atoms with E-state index >= 15 is 0 Å². The molecule has 0 spiro atoms. The molecular weight excluding hydrogens is 282 g/mol. The van der Waals surface area contributed by atoms with Crippen LogP contribution in [0.1, 0.15) is 24.2 Å². The number of esters is 1. The second-order valence-corrected chi connectivity index (χ2v) is 4.44. The van der Waals surface area contributed by atoms with E-state index in [4.69, 9.17) is 9.57 Å². The number of nitrogens with zero attached hydrogens (tertiary/aromatic N) is 1. The van der Waals surface area contributed by atoms with Gasteiger partial charge in [0.25, 0.3) is 0 Å². The maximum absolute atomic E-state index is 12.1. The summed E-state index contributed by atoms with van der Waals surface area (Å²) in [6.07, 6.45) is 0. The van der Waals surface area contributed by atoms with Crippen LogP contribution in [0.15, 0.2) is 48.5 Å². The highest BCUT2D eigenvalue weighted by Gasteiger charge is 2.14. The molecule has 1 radical (unpaired) electrons. The van der Waals surface area contributed by atoms with Crippen LogP contribution in [0.25, 0.3) is 0 Å². The summed E-state index contributed by atoms with van der Waals surface area (Å²) in [5.41, 5.74) is 0.961. The molecule has 0 saturated heterocycles. The Balaban J connectivity index is 2.14. The molecule has 0 bridgehead atoms. The molecule has 0 aromatic heterocycles. The molecule has 0 aliphatic heterocycles. The summed E-state index contributed by atoms with van der Waals surface area (Å²) >= 11 is 0. The van der Waals surface area contributed by atoms with E-state index in [-0.39, 0.29) is 0 Å². The van der Waals surface area contributed by atoms with Gasteiger partial charge in [-0.1, -0.05) is 18.2 Å². The number of hydroxylamine groups is 1. The van der Waals surface area contributed by atoms with Gasteiger partial charge in [-0.05, 0) is 31.2 Å². The molecule has 2 aromatic carbocycles. The van der Waals surface area contributed by atoms with Gasteiger partial charge in [0, 0.05) is 19.1 Å². The summed E-state index contributed by atoms with van der Waals surface area (Å²) in [7, 11) is 0. The zero-order valence-corrected chi connectivity index (χ0v) is 12.4. The first kappa shape index (κ1) is 15.6. The van der Waals surface area contributed by atoms with Gasteiger partial charge in [-0.3, -0.25) is 4.79 Å². The van der Waals surface area contributed by atoms with Crippen LogP contribution in [0, 0.1) is 6.07 Å². The quantitative estimate of drug-likeness (QED) is 0.482. The van der Waals surface area contributed by atoms with E-state index < -0.39 is 11.9 Å². The Morgan fingerprint density at radius 2 is 1.91 bits per heavy atom. The predicted molar refractivity (Wildman–Crippen MR) is 81.5 cm³/mol. The van der Waals surface area contributed by atoms with E-state index in [0.717, 1.165) is 0 Å². The average molecular weight is 298 g/mol. The zero-order valence-electron chi connectivity index (χ0n) is 12.4. The predicted octanol–water partition coefficient (Wildman–Crippen LogP) is 3.01. The van der Waals surface area contributed by atoms with Gasteiger partial charge in [0.15, 0.2) is 0 Å². The summed E-state index contributed by atoms with van der Waals surface area (Å²) in [5, 5.41) is 1.39. The third kappa shape index (κ3) is 4.09. The number of carbonyl (C=O) groups is 2. The van der Waals surface area contributed by atoms with Gasteiger partial charge in [-0.25, -0.2) is 9.86 Å². The highest BCUT2D eigenvalue weighted by Crippen LogP contribution is 2.21. The molecule has 0 heterocycles. The van der Waals surface area contributed by atoms with Crippen molar-refractivity contribution in [3.8, 4) is 5.75 Å². The average Bonchev–Trinajstić information content (AvgIpc) is 2.53. The van der Waals surface area contributed by atoms with Gasteiger partial charge in [-0.2, -0.15) is 0 Å². The molecule has 113 valence electrons. The van der Waals surface area contributed by atoms with Crippen LogP contribution in [0.4, 0.5) is 5.69 Å². The lowest BCUT2D eigenvalue weighted by Crippen LogP contribution is -2.27. The smallest absolute Gasteiger partial charge is 0.363 e. The number of anilines is 1. The number of benzene rings is 2. The summed E-state index contributed by atoms with van der Waals surface area (Å²) in [5.74, 6) is -0.509. The fourth-order valence-corrected chi connectivity index (χ4v) is 1.82. The lowest BCUT2D eigenvalue weighted by atomic mass is 10.2.